The summed E-state index contributed by atoms with van der Waals surface area (Å²) in [7, 11) is 0. The second-order valence-corrected chi connectivity index (χ2v) is 4.74. The number of ether oxygens (including phenoxy) is 1. The summed E-state index contributed by atoms with van der Waals surface area (Å²) in [5.41, 5.74) is -0.384. The molecule has 0 radical (unpaired) electrons. The zero-order chi connectivity index (χ0) is 14.6. The monoisotopic (exact) mass is 266 g/mol. The SMILES string of the molecule is CC(=O)c1c(O)cc(OCCC(C)C)c(C=O)c1O. The van der Waals surface area contributed by atoms with Crippen molar-refractivity contribution in [2.75, 3.05) is 6.61 Å². The zero-order valence-electron chi connectivity index (χ0n) is 11.3. The van der Waals surface area contributed by atoms with Gasteiger partial charge in [-0.3, -0.25) is 9.59 Å². The van der Waals surface area contributed by atoms with Crippen LogP contribution in [0.25, 0.3) is 0 Å². The Morgan fingerprint density at radius 2 is 2.05 bits per heavy atom. The highest BCUT2D eigenvalue weighted by molar-refractivity contribution is 6.03. The Morgan fingerprint density at radius 1 is 1.42 bits per heavy atom. The number of aromatic hydroxyl groups is 2. The van der Waals surface area contributed by atoms with Crippen LogP contribution in [0, 0.1) is 5.92 Å². The van der Waals surface area contributed by atoms with Crippen LogP contribution in [0.5, 0.6) is 17.2 Å². The third-order valence-electron chi connectivity index (χ3n) is 2.70. The highest BCUT2D eigenvalue weighted by Gasteiger charge is 2.21. The van der Waals surface area contributed by atoms with Crippen molar-refractivity contribution >= 4 is 12.1 Å². The fourth-order valence-electron chi connectivity index (χ4n) is 1.63. The molecule has 0 amide bonds. The van der Waals surface area contributed by atoms with Gasteiger partial charge in [0, 0.05) is 6.07 Å². The largest absolute Gasteiger partial charge is 0.507 e. The van der Waals surface area contributed by atoms with E-state index in [0.29, 0.717) is 18.8 Å². The predicted molar refractivity (Wildman–Crippen MR) is 70.1 cm³/mol. The molecule has 0 aromatic heterocycles. The average Bonchev–Trinajstić information content (AvgIpc) is 2.27. The summed E-state index contributed by atoms with van der Waals surface area (Å²) in [5.74, 6) is -0.946. The minimum atomic E-state index is -0.540. The van der Waals surface area contributed by atoms with Crippen LogP contribution in [-0.4, -0.2) is 28.9 Å². The first-order chi connectivity index (χ1) is 8.88. The van der Waals surface area contributed by atoms with Gasteiger partial charge in [0.1, 0.15) is 22.8 Å². The van der Waals surface area contributed by atoms with Crippen molar-refractivity contribution in [2.45, 2.75) is 27.2 Å². The number of aldehydes is 1. The van der Waals surface area contributed by atoms with E-state index in [9.17, 15) is 19.8 Å². The minimum Gasteiger partial charge on any atom is -0.507 e. The molecule has 0 aliphatic heterocycles. The fourth-order valence-corrected chi connectivity index (χ4v) is 1.63. The van der Waals surface area contributed by atoms with Crippen LogP contribution in [0.3, 0.4) is 0 Å². The Bertz CT molecular complexity index is 491. The van der Waals surface area contributed by atoms with Gasteiger partial charge in [0.15, 0.2) is 12.1 Å². The average molecular weight is 266 g/mol. The van der Waals surface area contributed by atoms with Gasteiger partial charge in [0.25, 0.3) is 0 Å². The van der Waals surface area contributed by atoms with Crippen molar-refractivity contribution in [3.63, 3.8) is 0 Å². The van der Waals surface area contributed by atoms with E-state index in [4.69, 9.17) is 4.74 Å². The first-order valence-electron chi connectivity index (χ1n) is 6.06. The summed E-state index contributed by atoms with van der Waals surface area (Å²) in [5, 5.41) is 19.5. The van der Waals surface area contributed by atoms with Crippen LogP contribution < -0.4 is 4.74 Å². The van der Waals surface area contributed by atoms with Gasteiger partial charge in [-0.1, -0.05) is 13.8 Å². The highest BCUT2D eigenvalue weighted by atomic mass is 16.5. The molecule has 1 aromatic carbocycles. The molecule has 0 bridgehead atoms. The predicted octanol–water partition coefficient (Wildman–Crippen LogP) is 2.54. The van der Waals surface area contributed by atoms with Crippen molar-refractivity contribution in [1.82, 2.24) is 0 Å². The van der Waals surface area contributed by atoms with Gasteiger partial charge in [-0.15, -0.1) is 0 Å². The van der Waals surface area contributed by atoms with Gasteiger partial charge >= 0.3 is 0 Å². The molecule has 0 atom stereocenters. The van der Waals surface area contributed by atoms with Gasteiger partial charge in [-0.25, -0.2) is 0 Å². The second kappa shape index (κ2) is 6.22. The molecule has 0 aliphatic rings. The van der Waals surface area contributed by atoms with E-state index in [2.05, 4.69) is 0 Å². The van der Waals surface area contributed by atoms with Crippen LogP contribution in [0.15, 0.2) is 6.07 Å². The van der Waals surface area contributed by atoms with Crippen molar-refractivity contribution in [2.24, 2.45) is 5.92 Å². The minimum absolute atomic E-state index is 0.0793. The van der Waals surface area contributed by atoms with Gasteiger partial charge in [-0.05, 0) is 19.3 Å². The number of Topliss-reactive ketones (excluding diaryl/α,β-unsaturated/α-hetero) is 1. The van der Waals surface area contributed by atoms with Crippen LogP contribution in [0.2, 0.25) is 0 Å². The summed E-state index contributed by atoms with van der Waals surface area (Å²) >= 11 is 0. The molecule has 0 heterocycles. The quantitative estimate of drug-likeness (QED) is 0.610. The van der Waals surface area contributed by atoms with E-state index in [-0.39, 0.29) is 16.9 Å². The Hall–Kier alpha value is -2.04. The normalized spacial score (nSPS) is 10.5. The van der Waals surface area contributed by atoms with E-state index < -0.39 is 17.3 Å². The maximum Gasteiger partial charge on any atom is 0.167 e. The maximum absolute atomic E-state index is 11.3. The smallest absolute Gasteiger partial charge is 0.167 e. The molecule has 0 aliphatic carbocycles. The molecule has 5 nitrogen and oxygen atoms in total. The van der Waals surface area contributed by atoms with Crippen LogP contribution >= 0.6 is 0 Å². The lowest BCUT2D eigenvalue weighted by Gasteiger charge is -2.13. The van der Waals surface area contributed by atoms with Crippen molar-refractivity contribution in [1.29, 1.82) is 0 Å². The lowest BCUT2D eigenvalue weighted by molar-refractivity contribution is 0.101. The van der Waals surface area contributed by atoms with E-state index in [1.165, 1.54) is 13.0 Å². The molecule has 0 saturated heterocycles. The van der Waals surface area contributed by atoms with Crippen molar-refractivity contribution in [3.05, 3.63) is 17.2 Å². The number of rotatable bonds is 6. The number of phenols is 2. The van der Waals surface area contributed by atoms with Crippen LogP contribution in [-0.2, 0) is 0 Å². The van der Waals surface area contributed by atoms with E-state index in [1.807, 2.05) is 13.8 Å². The zero-order valence-corrected chi connectivity index (χ0v) is 11.3. The number of phenolic OH excluding ortho intramolecular Hbond substituents is 2. The number of benzene rings is 1. The van der Waals surface area contributed by atoms with E-state index in [1.54, 1.807) is 0 Å². The van der Waals surface area contributed by atoms with Gasteiger partial charge in [-0.2, -0.15) is 0 Å². The molecule has 0 spiro atoms. The molecule has 0 unspecified atom stereocenters. The number of ketones is 1. The Morgan fingerprint density at radius 3 is 2.53 bits per heavy atom. The molecule has 104 valence electrons. The summed E-state index contributed by atoms with van der Waals surface area (Å²) in [6, 6.07) is 1.18. The van der Waals surface area contributed by atoms with Crippen molar-refractivity contribution in [3.8, 4) is 17.2 Å². The standard InChI is InChI=1S/C14H18O5/c1-8(2)4-5-19-12-6-11(17)13(9(3)16)14(18)10(12)7-15/h6-8,17-18H,4-5H2,1-3H3. The summed E-state index contributed by atoms with van der Waals surface area (Å²) in [4.78, 5) is 22.3. The van der Waals surface area contributed by atoms with Gasteiger partial charge in [0.2, 0.25) is 0 Å². The lowest BCUT2D eigenvalue weighted by Crippen LogP contribution is -2.05. The molecule has 5 heteroatoms. The highest BCUT2D eigenvalue weighted by Crippen LogP contribution is 2.37. The Labute approximate surface area is 111 Å². The summed E-state index contributed by atoms with van der Waals surface area (Å²) in [6.07, 6.45) is 1.18. The topological polar surface area (TPSA) is 83.8 Å². The number of hydrogen-bond acceptors (Lipinski definition) is 5. The Kier molecular flexibility index (Phi) is 4.92. The van der Waals surface area contributed by atoms with Crippen LogP contribution in [0.4, 0.5) is 0 Å². The van der Waals surface area contributed by atoms with Crippen LogP contribution in [0.1, 0.15) is 47.9 Å². The maximum atomic E-state index is 11.3. The molecule has 0 fully saturated rings. The van der Waals surface area contributed by atoms with E-state index >= 15 is 0 Å². The number of hydrogen-bond donors (Lipinski definition) is 2. The molecular formula is C14H18O5. The van der Waals surface area contributed by atoms with Gasteiger partial charge in [0.05, 0.1) is 12.2 Å². The third-order valence-corrected chi connectivity index (χ3v) is 2.70. The Balaban J connectivity index is 3.12. The molecular weight excluding hydrogens is 248 g/mol. The summed E-state index contributed by atoms with van der Waals surface area (Å²) in [6.45, 7) is 5.61. The van der Waals surface area contributed by atoms with Crippen molar-refractivity contribution < 1.29 is 24.5 Å². The number of carbonyl (C=O) groups excluding carboxylic acids is 2. The first-order valence-corrected chi connectivity index (χ1v) is 6.06. The first kappa shape index (κ1) is 15.0. The molecule has 2 N–H and O–H groups in total. The second-order valence-electron chi connectivity index (χ2n) is 4.74. The number of carbonyl (C=O) groups is 2. The molecule has 0 saturated carbocycles. The molecule has 19 heavy (non-hydrogen) atoms. The summed E-state index contributed by atoms with van der Waals surface area (Å²) < 4.78 is 5.37. The van der Waals surface area contributed by atoms with E-state index in [0.717, 1.165) is 6.42 Å². The lowest BCUT2D eigenvalue weighted by atomic mass is 10.0. The van der Waals surface area contributed by atoms with Gasteiger partial charge < -0.3 is 14.9 Å². The fraction of sp³-hybridized carbons (Fsp3) is 0.429. The molecule has 1 rings (SSSR count). The third kappa shape index (κ3) is 3.47. The molecule has 1 aromatic rings.